The van der Waals surface area contributed by atoms with Gasteiger partial charge in [0.1, 0.15) is 6.54 Å². The SMILES string of the molecule is CNC(=O)C(C)(C)CNC(=NCC(=O)N(C)C)NCC(C)C.I. The van der Waals surface area contributed by atoms with Crippen LogP contribution in [0.5, 0.6) is 0 Å². The van der Waals surface area contributed by atoms with Gasteiger partial charge in [-0.05, 0) is 19.8 Å². The van der Waals surface area contributed by atoms with Crippen LogP contribution in [0.25, 0.3) is 0 Å². The lowest BCUT2D eigenvalue weighted by Gasteiger charge is -2.24. The van der Waals surface area contributed by atoms with Crippen molar-refractivity contribution >= 4 is 41.8 Å². The molecule has 0 heterocycles. The summed E-state index contributed by atoms with van der Waals surface area (Å²) in [6.07, 6.45) is 0. The first-order chi connectivity index (χ1) is 10.1. The summed E-state index contributed by atoms with van der Waals surface area (Å²) in [5.41, 5.74) is -0.569. The Morgan fingerprint density at radius 2 is 1.74 bits per heavy atom. The summed E-state index contributed by atoms with van der Waals surface area (Å²) >= 11 is 0. The Bertz CT molecular complexity index is 409. The van der Waals surface area contributed by atoms with E-state index in [1.807, 2.05) is 13.8 Å². The summed E-state index contributed by atoms with van der Waals surface area (Å²) in [6.45, 7) is 9.11. The topological polar surface area (TPSA) is 85.8 Å². The van der Waals surface area contributed by atoms with Crippen molar-refractivity contribution < 1.29 is 9.59 Å². The van der Waals surface area contributed by atoms with Crippen molar-refractivity contribution in [3.63, 3.8) is 0 Å². The lowest BCUT2D eigenvalue weighted by atomic mass is 9.92. The van der Waals surface area contributed by atoms with Gasteiger partial charge in [-0.15, -0.1) is 24.0 Å². The lowest BCUT2D eigenvalue weighted by Crippen LogP contribution is -2.48. The summed E-state index contributed by atoms with van der Waals surface area (Å²) < 4.78 is 0. The third kappa shape index (κ3) is 10.4. The van der Waals surface area contributed by atoms with Gasteiger partial charge in [-0.1, -0.05) is 13.8 Å². The monoisotopic (exact) mass is 441 g/mol. The molecule has 0 fully saturated rings. The molecule has 3 N–H and O–H groups in total. The van der Waals surface area contributed by atoms with E-state index in [1.165, 1.54) is 4.90 Å². The minimum atomic E-state index is -0.569. The molecule has 0 atom stereocenters. The number of nitrogens with one attached hydrogen (secondary N) is 3. The van der Waals surface area contributed by atoms with Crippen LogP contribution in [0, 0.1) is 11.3 Å². The predicted octanol–water partition coefficient (Wildman–Crippen LogP) is 0.656. The highest BCUT2D eigenvalue weighted by Gasteiger charge is 2.26. The maximum atomic E-state index is 11.8. The molecule has 7 nitrogen and oxygen atoms in total. The van der Waals surface area contributed by atoms with Gasteiger partial charge in [0, 0.05) is 34.2 Å². The Morgan fingerprint density at radius 1 is 1.17 bits per heavy atom. The van der Waals surface area contributed by atoms with E-state index < -0.39 is 5.41 Å². The number of hydrogen-bond acceptors (Lipinski definition) is 3. The van der Waals surface area contributed by atoms with E-state index in [0.29, 0.717) is 18.4 Å². The zero-order valence-electron chi connectivity index (χ0n) is 15.3. The van der Waals surface area contributed by atoms with Crippen LogP contribution < -0.4 is 16.0 Å². The minimum absolute atomic E-state index is 0. The number of halogens is 1. The van der Waals surface area contributed by atoms with Crippen molar-refractivity contribution in [1.82, 2.24) is 20.9 Å². The van der Waals surface area contributed by atoms with Gasteiger partial charge in [0.05, 0.1) is 5.41 Å². The van der Waals surface area contributed by atoms with Crippen molar-refractivity contribution in [2.24, 2.45) is 16.3 Å². The van der Waals surface area contributed by atoms with E-state index in [9.17, 15) is 9.59 Å². The number of likely N-dealkylation sites (N-methyl/N-ethyl adjacent to an activating group) is 1. The summed E-state index contributed by atoms with van der Waals surface area (Å²) in [4.78, 5) is 29.2. The molecule has 0 saturated carbocycles. The van der Waals surface area contributed by atoms with Crippen LogP contribution in [0.1, 0.15) is 27.7 Å². The molecule has 0 spiro atoms. The van der Waals surface area contributed by atoms with Gasteiger partial charge < -0.3 is 20.9 Å². The molecule has 2 amide bonds. The molecular formula is C15H32IN5O2. The second kappa shape index (κ2) is 11.5. The van der Waals surface area contributed by atoms with Gasteiger partial charge in [-0.3, -0.25) is 9.59 Å². The van der Waals surface area contributed by atoms with Crippen LogP contribution >= 0.6 is 24.0 Å². The Morgan fingerprint density at radius 3 is 2.17 bits per heavy atom. The Kier molecular flexibility index (Phi) is 12.1. The van der Waals surface area contributed by atoms with Crippen LogP contribution in [-0.4, -0.2) is 63.5 Å². The number of carbonyl (C=O) groups excluding carboxylic acids is 2. The molecule has 136 valence electrons. The number of nitrogens with zero attached hydrogens (tertiary/aromatic N) is 2. The van der Waals surface area contributed by atoms with Gasteiger partial charge in [0.25, 0.3) is 0 Å². The first kappa shape index (κ1) is 24.2. The average molecular weight is 441 g/mol. The fourth-order valence-electron chi connectivity index (χ4n) is 1.49. The van der Waals surface area contributed by atoms with E-state index in [0.717, 1.165) is 6.54 Å². The summed E-state index contributed by atoms with van der Waals surface area (Å²) in [5, 5.41) is 8.96. The van der Waals surface area contributed by atoms with Gasteiger partial charge in [-0.25, -0.2) is 4.99 Å². The number of guanidine groups is 1. The quantitative estimate of drug-likeness (QED) is 0.308. The third-order valence-electron chi connectivity index (χ3n) is 3.09. The summed E-state index contributed by atoms with van der Waals surface area (Å²) in [6, 6.07) is 0. The van der Waals surface area contributed by atoms with Gasteiger partial charge in [0.15, 0.2) is 5.96 Å². The predicted molar refractivity (Wildman–Crippen MR) is 105 cm³/mol. The van der Waals surface area contributed by atoms with E-state index in [2.05, 4.69) is 34.8 Å². The highest BCUT2D eigenvalue weighted by atomic mass is 127. The minimum Gasteiger partial charge on any atom is -0.359 e. The van der Waals surface area contributed by atoms with Crippen LogP contribution in [0.3, 0.4) is 0 Å². The fourth-order valence-corrected chi connectivity index (χ4v) is 1.49. The number of rotatable bonds is 7. The molecule has 0 unspecified atom stereocenters. The van der Waals surface area contributed by atoms with E-state index in [-0.39, 0.29) is 42.3 Å². The Labute approximate surface area is 157 Å². The van der Waals surface area contributed by atoms with E-state index >= 15 is 0 Å². The average Bonchev–Trinajstić information content (AvgIpc) is 2.44. The third-order valence-corrected chi connectivity index (χ3v) is 3.09. The molecule has 0 aromatic heterocycles. The zero-order chi connectivity index (χ0) is 17.3. The molecule has 0 aliphatic carbocycles. The van der Waals surface area contributed by atoms with Gasteiger partial charge in [-0.2, -0.15) is 0 Å². The first-order valence-corrected chi connectivity index (χ1v) is 7.54. The van der Waals surface area contributed by atoms with Crippen molar-refractivity contribution in [2.45, 2.75) is 27.7 Å². The van der Waals surface area contributed by atoms with E-state index in [4.69, 9.17) is 0 Å². The molecule has 0 aromatic carbocycles. The molecule has 0 aliphatic rings. The van der Waals surface area contributed by atoms with E-state index in [1.54, 1.807) is 21.1 Å². The van der Waals surface area contributed by atoms with Crippen LogP contribution in [-0.2, 0) is 9.59 Å². The molecule has 23 heavy (non-hydrogen) atoms. The van der Waals surface area contributed by atoms with Gasteiger partial charge >= 0.3 is 0 Å². The maximum Gasteiger partial charge on any atom is 0.243 e. The highest BCUT2D eigenvalue weighted by Crippen LogP contribution is 2.12. The molecule has 0 aromatic rings. The first-order valence-electron chi connectivity index (χ1n) is 7.54. The second-order valence-corrected chi connectivity index (χ2v) is 6.54. The Hall–Kier alpha value is -1.06. The lowest BCUT2D eigenvalue weighted by molar-refractivity contribution is -0.128. The molecule has 0 saturated heterocycles. The summed E-state index contributed by atoms with van der Waals surface area (Å²) in [5.74, 6) is 0.869. The molecular weight excluding hydrogens is 409 g/mol. The number of hydrogen-bond donors (Lipinski definition) is 3. The van der Waals surface area contributed by atoms with Crippen molar-refractivity contribution in [3.8, 4) is 0 Å². The number of amides is 2. The van der Waals surface area contributed by atoms with Crippen molar-refractivity contribution in [1.29, 1.82) is 0 Å². The largest absolute Gasteiger partial charge is 0.359 e. The van der Waals surface area contributed by atoms with Crippen LogP contribution in [0.4, 0.5) is 0 Å². The zero-order valence-corrected chi connectivity index (χ0v) is 17.6. The molecule has 0 radical (unpaired) electrons. The molecule has 0 bridgehead atoms. The maximum absolute atomic E-state index is 11.8. The standard InChI is InChI=1S/C15H31N5O2.HI/c1-11(2)8-17-14(18-9-12(21)20(6)7)19-10-15(3,4)13(22)16-5;/h11H,8-10H2,1-7H3,(H,16,22)(H2,17,18,19);1H. The molecule has 8 heteroatoms. The second-order valence-electron chi connectivity index (χ2n) is 6.54. The van der Waals surface area contributed by atoms with Gasteiger partial charge in [0.2, 0.25) is 11.8 Å². The smallest absolute Gasteiger partial charge is 0.243 e. The molecule has 0 aliphatic heterocycles. The van der Waals surface area contributed by atoms with Crippen molar-refractivity contribution in [2.75, 3.05) is 40.8 Å². The van der Waals surface area contributed by atoms with Crippen LogP contribution in [0.15, 0.2) is 4.99 Å². The molecule has 0 rings (SSSR count). The van der Waals surface area contributed by atoms with Crippen molar-refractivity contribution in [3.05, 3.63) is 0 Å². The summed E-state index contributed by atoms with van der Waals surface area (Å²) in [7, 11) is 5.01. The van der Waals surface area contributed by atoms with Crippen LogP contribution in [0.2, 0.25) is 0 Å². The fraction of sp³-hybridized carbons (Fsp3) is 0.800. The number of carbonyl (C=O) groups is 2. The number of aliphatic imine (C=N–C) groups is 1. The normalized spacial score (nSPS) is 11.6. The highest BCUT2D eigenvalue weighted by molar-refractivity contribution is 14.0. The Balaban J connectivity index is 0.